The fourth-order valence-electron chi connectivity index (χ4n) is 2.12. The van der Waals surface area contributed by atoms with Crippen LogP contribution in [0.25, 0.3) is 0 Å². The van der Waals surface area contributed by atoms with Crippen molar-refractivity contribution in [2.75, 3.05) is 0 Å². The minimum absolute atomic E-state index is 0.0838. The van der Waals surface area contributed by atoms with Gasteiger partial charge in [0, 0.05) is 12.5 Å². The number of ketones is 1. The molecule has 0 aromatic heterocycles. The van der Waals surface area contributed by atoms with E-state index in [9.17, 15) is 23.2 Å². The number of ether oxygens (including phenoxy) is 1. The normalized spacial score (nSPS) is 11.5. The average molecular weight is 363 g/mol. The van der Waals surface area contributed by atoms with Crippen LogP contribution < -0.4 is 5.32 Å². The zero-order valence-corrected chi connectivity index (χ0v) is 13.4. The lowest BCUT2D eigenvalue weighted by Gasteiger charge is -2.14. The summed E-state index contributed by atoms with van der Waals surface area (Å²) in [5.41, 5.74) is 0.232. The number of halogens is 2. The summed E-state index contributed by atoms with van der Waals surface area (Å²) in [6.07, 6.45) is -1.74. The van der Waals surface area contributed by atoms with Crippen LogP contribution in [0, 0.1) is 11.6 Å². The molecule has 0 saturated heterocycles. The number of aliphatic carboxylic acids is 1. The van der Waals surface area contributed by atoms with Gasteiger partial charge >= 0.3 is 12.1 Å². The molecule has 26 heavy (non-hydrogen) atoms. The van der Waals surface area contributed by atoms with Crippen LogP contribution in [0.2, 0.25) is 0 Å². The molecule has 0 fully saturated rings. The molecule has 2 aromatic carbocycles. The molecule has 0 heterocycles. The fraction of sp³-hybridized carbons (Fsp3) is 0.167. The standard InChI is InChI=1S/C18H15F2NO5/c19-12-6-7-13(14(20)8-12)16(22)9-15(17(23)24)21-18(25)26-10-11-4-2-1-3-5-11/h1-8,15H,9-10H2,(H,21,25)(H,23,24). The van der Waals surface area contributed by atoms with Crippen molar-refractivity contribution in [2.45, 2.75) is 19.1 Å². The van der Waals surface area contributed by atoms with Crippen molar-refractivity contribution >= 4 is 17.8 Å². The van der Waals surface area contributed by atoms with Crippen molar-refractivity contribution < 1.29 is 33.0 Å². The van der Waals surface area contributed by atoms with E-state index in [1.54, 1.807) is 30.3 Å². The number of Topliss-reactive ketones (excluding diaryl/α,β-unsaturated/α-hetero) is 1. The molecular formula is C18H15F2NO5. The Morgan fingerprint density at radius 3 is 2.38 bits per heavy atom. The summed E-state index contributed by atoms with van der Waals surface area (Å²) in [5, 5.41) is 11.2. The van der Waals surface area contributed by atoms with E-state index >= 15 is 0 Å². The number of carboxylic acid groups (broad SMARTS) is 1. The van der Waals surface area contributed by atoms with Gasteiger partial charge in [0.1, 0.15) is 24.3 Å². The smallest absolute Gasteiger partial charge is 0.408 e. The Bertz CT molecular complexity index is 810. The van der Waals surface area contributed by atoms with Crippen LogP contribution in [-0.4, -0.2) is 29.0 Å². The third-order valence-electron chi connectivity index (χ3n) is 3.42. The third-order valence-corrected chi connectivity index (χ3v) is 3.42. The molecule has 8 heteroatoms. The van der Waals surface area contributed by atoms with Gasteiger partial charge in [-0.25, -0.2) is 18.4 Å². The Morgan fingerprint density at radius 2 is 1.77 bits per heavy atom. The van der Waals surface area contributed by atoms with Gasteiger partial charge in [0.25, 0.3) is 0 Å². The first kappa shape index (κ1) is 19.0. The first-order valence-electron chi connectivity index (χ1n) is 7.55. The van der Waals surface area contributed by atoms with Crippen LogP contribution in [0.1, 0.15) is 22.3 Å². The van der Waals surface area contributed by atoms with Crippen LogP contribution in [0.15, 0.2) is 48.5 Å². The van der Waals surface area contributed by atoms with Gasteiger partial charge in [0.2, 0.25) is 0 Å². The molecule has 2 rings (SSSR count). The first-order chi connectivity index (χ1) is 12.4. The van der Waals surface area contributed by atoms with Crippen LogP contribution in [0.3, 0.4) is 0 Å². The molecule has 0 bridgehead atoms. The molecule has 1 amide bonds. The largest absolute Gasteiger partial charge is 0.480 e. The highest BCUT2D eigenvalue weighted by atomic mass is 19.1. The van der Waals surface area contributed by atoms with Crippen LogP contribution in [-0.2, 0) is 16.1 Å². The van der Waals surface area contributed by atoms with E-state index in [-0.39, 0.29) is 6.61 Å². The highest BCUT2D eigenvalue weighted by Crippen LogP contribution is 2.13. The van der Waals surface area contributed by atoms with Crippen molar-refractivity contribution in [1.82, 2.24) is 5.32 Å². The lowest BCUT2D eigenvalue weighted by atomic mass is 10.0. The summed E-state index contributed by atoms with van der Waals surface area (Å²) in [7, 11) is 0. The highest BCUT2D eigenvalue weighted by molar-refractivity contribution is 5.99. The highest BCUT2D eigenvalue weighted by Gasteiger charge is 2.26. The number of hydrogen-bond acceptors (Lipinski definition) is 4. The Labute approximate surface area is 147 Å². The topological polar surface area (TPSA) is 92.7 Å². The molecular weight excluding hydrogens is 348 g/mol. The second-order valence-electron chi connectivity index (χ2n) is 5.35. The van der Waals surface area contributed by atoms with E-state index in [1.807, 2.05) is 5.32 Å². The second kappa shape index (κ2) is 8.70. The molecule has 1 unspecified atom stereocenters. The van der Waals surface area contributed by atoms with E-state index in [1.165, 1.54) is 0 Å². The lowest BCUT2D eigenvalue weighted by Crippen LogP contribution is -2.42. The van der Waals surface area contributed by atoms with E-state index in [0.717, 1.165) is 12.1 Å². The molecule has 0 spiro atoms. The third kappa shape index (κ3) is 5.37. The maximum atomic E-state index is 13.6. The Morgan fingerprint density at radius 1 is 1.08 bits per heavy atom. The van der Waals surface area contributed by atoms with Gasteiger partial charge in [0.15, 0.2) is 5.78 Å². The summed E-state index contributed by atoms with van der Waals surface area (Å²) in [4.78, 5) is 35.0. The quantitative estimate of drug-likeness (QED) is 0.738. The maximum Gasteiger partial charge on any atom is 0.408 e. The molecule has 0 aliphatic carbocycles. The predicted octanol–water partition coefficient (Wildman–Crippen LogP) is 2.92. The Balaban J connectivity index is 1.96. The lowest BCUT2D eigenvalue weighted by molar-refractivity contribution is -0.139. The van der Waals surface area contributed by atoms with Gasteiger partial charge in [-0.1, -0.05) is 30.3 Å². The summed E-state index contributed by atoms with van der Waals surface area (Å²) in [5.74, 6) is -4.35. The predicted molar refractivity (Wildman–Crippen MR) is 86.5 cm³/mol. The van der Waals surface area contributed by atoms with Crippen molar-refractivity contribution in [2.24, 2.45) is 0 Å². The number of benzene rings is 2. The number of amides is 1. The van der Waals surface area contributed by atoms with Crippen LogP contribution >= 0.6 is 0 Å². The van der Waals surface area contributed by atoms with Gasteiger partial charge in [-0.15, -0.1) is 0 Å². The Kier molecular flexibility index (Phi) is 6.37. The molecule has 0 aliphatic rings. The van der Waals surface area contributed by atoms with Gasteiger partial charge in [0.05, 0.1) is 5.56 Å². The fourth-order valence-corrected chi connectivity index (χ4v) is 2.12. The molecule has 0 saturated carbocycles. The summed E-state index contributed by atoms with van der Waals surface area (Å²) >= 11 is 0. The number of rotatable bonds is 7. The number of carbonyl (C=O) groups excluding carboxylic acids is 2. The number of carboxylic acids is 1. The van der Waals surface area contributed by atoms with Gasteiger partial charge in [-0.3, -0.25) is 4.79 Å². The van der Waals surface area contributed by atoms with Crippen molar-refractivity contribution in [3.05, 3.63) is 71.3 Å². The number of hydrogen-bond donors (Lipinski definition) is 2. The summed E-state index contributed by atoms with van der Waals surface area (Å²) < 4.78 is 31.4. The second-order valence-corrected chi connectivity index (χ2v) is 5.35. The minimum Gasteiger partial charge on any atom is -0.480 e. The van der Waals surface area contributed by atoms with E-state index in [2.05, 4.69) is 0 Å². The summed E-state index contributed by atoms with van der Waals surface area (Å²) in [6.45, 7) is -0.0838. The number of alkyl carbamates (subject to hydrolysis) is 1. The zero-order chi connectivity index (χ0) is 19.1. The zero-order valence-electron chi connectivity index (χ0n) is 13.4. The van der Waals surface area contributed by atoms with E-state index < -0.39 is 47.5 Å². The number of carbonyl (C=O) groups is 3. The van der Waals surface area contributed by atoms with Gasteiger partial charge < -0.3 is 15.2 Å². The van der Waals surface area contributed by atoms with Crippen molar-refractivity contribution in [1.29, 1.82) is 0 Å². The molecule has 0 aliphatic heterocycles. The van der Waals surface area contributed by atoms with Crippen LogP contribution in [0.4, 0.5) is 13.6 Å². The Hall–Kier alpha value is -3.29. The number of nitrogens with one attached hydrogen (secondary N) is 1. The van der Waals surface area contributed by atoms with E-state index in [0.29, 0.717) is 11.6 Å². The average Bonchev–Trinajstić information content (AvgIpc) is 2.60. The van der Waals surface area contributed by atoms with E-state index in [4.69, 9.17) is 9.84 Å². The van der Waals surface area contributed by atoms with Crippen LogP contribution in [0.5, 0.6) is 0 Å². The SMILES string of the molecule is O=C(NC(CC(=O)c1ccc(F)cc1F)C(=O)O)OCc1ccccc1. The van der Waals surface area contributed by atoms with Crippen molar-refractivity contribution in [3.8, 4) is 0 Å². The van der Waals surface area contributed by atoms with Crippen molar-refractivity contribution in [3.63, 3.8) is 0 Å². The monoisotopic (exact) mass is 363 g/mol. The first-order valence-corrected chi connectivity index (χ1v) is 7.55. The molecule has 6 nitrogen and oxygen atoms in total. The molecule has 0 radical (unpaired) electrons. The maximum absolute atomic E-state index is 13.6. The summed E-state index contributed by atoms with van der Waals surface area (Å²) in [6, 6.07) is 9.39. The molecule has 2 N–H and O–H groups in total. The van der Waals surface area contributed by atoms with Gasteiger partial charge in [-0.2, -0.15) is 0 Å². The molecule has 136 valence electrons. The minimum atomic E-state index is -1.62. The molecule has 1 atom stereocenters. The molecule has 2 aromatic rings. The van der Waals surface area contributed by atoms with Gasteiger partial charge in [-0.05, 0) is 17.7 Å².